The van der Waals surface area contributed by atoms with Crippen LogP contribution in [0, 0.1) is 12.4 Å². The van der Waals surface area contributed by atoms with Crippen LogP contribution in [0.1, 0.15) is 25.2 Å². The fourth-order valence-electron chi connectivity index (χ4n) is 2.93. The Labute approximate surface area is 179 Å². The summed E-state index contributed by atoms with van der Waals surface area (Å²) < 4.78 is 0. The average Bonchev–Trinajstić information content (AvgIpc) is 2.75. The van der Waals surface area contributed by atoms with Gasteiger partial charge in [0.05, 0.1) is 0 Å². The molecule has 4 aromatic heterocycles. The molecule has 0 aliphatic rings. The van der Waals surface area contributed by atoms with E-state index in [1.165, 1.54) is 0 Å². The molecular formula is C23H18N4Pt. The first-order valence-corrected chi connectivity index (χ1v) is 8.76. The molecule has 0 amide bonds. The van der Waals surface area contributed by atoms with Crippen LogP contribution in [0.3, 0.4) is 0 Å². The molecule has 4 heterocycles. The van der Waals surface area contributed by atoms with Gasteiger partial charge in [0.15, 0.2) is 0 Å². The Morgan fingerprint density at radius 2 is 1.11 bits per heavy atom. The molecule has 0 saturated carbocycles. The summed E-state index contributed by atoms with van der Waals surface area (Å²) in [6.07, 6.45) is 9.41. The van der Waals surface area contributed by atoms with Crippen LogP contribution < -0.4 is 0 Å². The number of aromatic nitrogens is 4. The minimum Gasteiger partial charge on any atom is -0.360 e. The Bertz CT molecular complexity index is 965. The molecule has 0 spiro atoms. The topological polar surface area (TPSA) is 51.6 Å². The molecule has 140 valence electrons. The third-order valence-electron chi connectivity index (χ3n) is 4.55. The molecule has 0 fully saturated rings. The maximum atomic E-state index is 4.86. The first kappa shape index (κ1) is 20.0. The van der Waals surface area contributed by atoms with E-state index in [1.54, 1.807) is 12.4 Å². The predicted octanol–water partition coefficient (Wildman–Crippen LogP) is 4.52. The molecule has 0 N–H and O–H groups in total. The van der Waals surface area contributed by atoms with Crippen LogP contribution in [0.25, 0.3) is 22.5 Å². The maximum Gasteiger partial charge on any atom is 2.00 e. The zero-order valence-corrected chi connectivity index (χ0v) is 17.8. The summed E-state index contributed by atoms with van der Waals surface area (Å²) in [7, 11) is 0. The van der Waals surface area contributed by atoms with Gasteiger partial charge in [-0.3, -0.25) is 0 Å². The minimum atomic E-state index is -0.365. The van der Waals surface area contributed by atoms with E-state index in [-0.39, 0.29) is 26.5 Å². The summed E-state index contributed by atoms with van der Waals surface area (Å²) in [5, 5.41) is 0. The smallest absolute Gasteiger partial charge is 0.360 e. The standard InChI is InChI=1S/C23H18N4.Pt/c1-23(2,21-11-3-9-19(26-21)17-7-5-13-24-15-17)22-12-4-10-20(27-22)18-8-6-14-25-16-18;/h3-14H,1-2H3;/q-2;+2. The van der Waals surface area contributed by atoms with E-state index in [2.05, 4.69) is 36.2 Å². The van der Waals surface area contributed by atoms with Crippen molar-refractivity contribution in [3.63, 3.8) is 0 Å². The Kier molecular flexibility index (Phi) is 6.11. The zero-order chi connectivity index (χ0) is 18.7. The van der Waals surface area contributed by atoms with Gasteiger partial charge in [0.25, 0.3) is 0 Å². The predicted molar refractivity (Wildman–Crippen MR) is 105 cm³/mol. The summed E-state index contributed by atoms with van der Waals surface area (Å²) in [6.45, 7) is 4.26. The third kappa shape index (κ3) is 4.07. The van der Waals surface area contributed by atoms with Gasteiger partial charge in [-0.2, -0.15) is 0 Å². The van der Waals surface area contributed by atoms with Crippen molar-refractivity contribution in [3.05, 3.63) is 96.8 Å². The van der Waals surface area contributed by atoms with E-state index in [0.29, 0.717) is 0 Å². The first-order valence-electron chi connectivity index (χ1n) is 8.76. The molecule has 0 aliphatic carbocycles. The molecule has 4 nitrogen and oxygen atoms in total. The second-order valence-electron chi connectivity index (χ2n) is 6.77. The minimum absolute atomic E-state index is 0. The monoisotopic (exact) mass is 545 g/mol. The van der Waals surface area contributed by atoms with Gasteiger partial charge in [0, 0.05) is 16.8 Å². The van der Waals surface area contributed by atoms with E-state index in [4.69, 9.17) is 9.97 Å². The number of hydrogen-bond acceptors (Lipinski definition) is 4. The molecule has 0 unspecified atom stereocenters. The van der Waals surface area contributed by atoms with Gasteiger partial charge < -0.3 is 19.9 Å². The van der Waals surface area contributed by atoms with Gasteiger partial charge in [-0.25, -0.2) is 0 Å². The number of hydrogen-bond donors (Lipinski definition) is 0. The fourth-order valence-corrected chi connectivity index (χ4v) is 2.93. The molecule has 4 rings (SSSR count). The molecule has 0 radical (unpaired) electrons. The van der Waals surface area contributed by atoms with Crippen LogP contribution in [-0.4, -0.2) is 19.9 Å². The Hall–Kier alpha value is -2.71. The van der Waals surface area contributed by atoms with Crippen molar-refractivity contribution < 1.29 is 21.1 Å². The normalized spacial score (nSPS) is 10.9. The van der Waals surface area contributed by atoms with Crippen molar-refractivity contribution in [2.24, 2.45) is 0 Å². The molecule has 0 bridgehead atoms. The number of nitrogens with zero attached hydrogens (tertiary/aromatic N) is 4. The number of pyridine rings is 4. The van der Waals surface area contributed by atoms with E-state index in [9.17, 15) is 0 Å². The molecule has 0 saturated heterocycles. The largest absolute Gasteiger partial charge is 2.00 e. The van der Waals surface area contributed by atoms with E-state index >= 15 is 0 Å². The summed E-state index contributed by atoms with van der Waals surface area (Å²) >= 11 is 0. The summed E-state index contributed by atoms with van der Waals surface area (Å²) in [4.78, 5) is 17.9. The van der Waals surface area contributed by atoms with Crippen molar-refractivity contribution >= 4 is 0 Å². The Balaban J connectivity index is 0.00000225. The van der Waals surface area contributed by atoms with Crippen molar-refractivity contribution in [1.82, 2.24) is 19.9 Å². The number of rotatable bonds is 4. The molecule has 0 atom stereocenters. The Morgan fingerprint density at radius 3 is 1.50 bits per heavy atom. The Morgan fingerprint density at radius 1 is 0.643 bits per heavy atom. The van der Waals surface area contributed by atoms with E-state index in [0.717, 1.165) is 33.9 Å². The SMILES string of the molecule is CC(C)(c1cccc(-c2[c-]nccc2)n1)c1cccc(-c2[c-]nccc2)n1.[Pt+2]. The van der Waals surface area contributed by atoms with Crippen molar-refractivity contribution in [1.29, 1.82) is 0 Å². The van der Waals surface area contributed by atoms with Crippen LogP contribution in [0.4, 0.5) is 0 Å². The quantitative estimate of drug-likeness (QED) is 0.354. The summed E-state index contributed by atoms with van der Waals surface area (Å²) in [5.74, 6) is 0. The fraction of sp³-hybridized carbons (Fsp3) is 0.130. The van der Waals surface area contributed by atoms with Gasteiger partial charge in [0.2, 0.25) is 0 Å². The third-order valence-corrected chi connectivity index (χ3v) is 4.55. The van der Waals surface area contributed by atoms with Crippen LogP contribution in [0.2, 0.25) is 0 Å². The molecule has 5 heteroatoms. The van der Waals surface area contributed by atoms with Crippen LogP contribution in [0.15, 0.2) is 73.1 Å². The van der Waals surface area contributed by atoms with Crippen molar-refractivity contribution in [2.75, 3.05) is 0 Å². The van der Waals surface area contributed by atoms with Crippen molar-refractivity contribution in [2.45, 2.75) is 19.3 Å². The van der Waals surface area contributed by atoms with Crippen molar-refractivity contribution in [3.8, 4) is 22.5 Å². The molecule has 0 aromatic carbocycles. The van der Waals surface area contributed by atoms with E-state index < -0.39 is 0 Å². The van der Waals surface area contributed by atoms with Gasteiger partial charge in [-0.05, 0) is 49.8 Å². The van der Waals surface area contributed by atoms with Crippen LogP contribution in [0.5, 0.6) is 0 Å². The van der Waals surface area contributed by atoms with Crippen LogP contribution >= 0.6 is 0 Å². The van der Waals surface area contributed by atoms with Gasteiger partial charge >= 0.3 is 21.1 Å². The van der Waals surface area contributed by atoms with E-state index in [1.807, 2.05) is 60.7 Å². The van der Waals surface area contributed by atoms with Gasteiger partial charge in [0.1, 0.15) is 0 Å². The average molecular weight is 546 g/mol. The van der Waals surface area contributed by atoms with Gasteiger partial charge in [-0.15, -0.1) is 35.4 Å². The van der Waals surface area contributed by atoms with Gasteiger partial charge in [-0.1, -0.05) is 36.7 Å². The zero-order valence-electron chi connectivity index (χ0n) is 15.5. The first-order chi connectivity index (χ1) is 13.1. The summed E-state index contributed by atoms with van der Waals surface area (Å²) in [5.41, 5.74) is 4.98. The molecule has 28 heavy (non-hydrogen) atoms. The second-order valence-corrected chi connectivity index (χ2v) is 6.77. The second kappa shape index (κ2) is 8.53. The molecule has 4 aromatic rings. The maximum absolute atomic E-state index is 4.86. The van der Waals surface area contributed by atoms with Crippen LogP contribution in [-0.2, 0) is 26.5 Å². The summed E-state index contributed by atoms with van der Waals surface area (Å²) in [6, 6.07) is 19.7. The molecule has 0 aliphatic heterocycles. The molecular weight excluding hydrogens is 527 g/mol.